The molecule has 0 radical (unpaired) electrons. The van der Waals surface area contributed by atoms with Crippen LogP contribution in [0.4, 0.5) is 5.13 Å². The fourth-order valence-electron chi connectivity index (χ4n) is 3.77. The number of hydrogen-bond donors (Lipinski definition) is 0. The van der Waals surface area contributed by atoms with Crippen LogP contribution in [0.1, 0.15) is 50.6 Å². The summed E-state index contributed by atoms with van der Waals surface area (Å²) < 4.78 is 7.59. The molecule has 1 aliphatic carbocycles. The Labute approximate surface area is 135 Å². The fraction of sp³-hybridized carbons (Fsp3) is 0.750. The molecule has 0 bridgehead atoms. The summed E-state index contributed by atoms with van der Waals surface area (Å²) in [6.07, 6.45) is 8.88. The lowest BCUT2D eigenvalue weighted by molar-refractivity contribution is 0.0498. The molecule has 0 amide bonds. The van der Waals surface area contributed by atoms with Gasteiger partial charge in [-0.1, -0.05) is 31.1 Å². The van der Waals surface area contributed by atoms with E-state index >= 15 is 0 Å². The van der Waals surface area contributed by atoms with Crippen molar-refractivity contribution in [3.05, 3.63) is 11.9 Å². The molecule has 2 fully saturated rings. The Morgan fingerprint density at radius 1 is 1.27 bits per heavy atom. The molecular weight excluding hydrogens is 296 g/mol. The van der Waals surface area contributed by atoms with Crippen molar-refractivity contribution in [3.8, 4) is 0 Å². The lowest BCUT2D eigenvalue weighted by Gasteiger charge is -2.35. The summed E-state index contributed by atoms with van der Waals surface area (Å²) in [4.78, 5) is 8.21. The first-order chi connectivity index (χ1) is 10.7. The van der Waals surface area contributed by atoms with E-state index in [1.54, 1.807) is 11.3 Å². The molecule has 1 saturated heterocycles. The number of methoxy groups -OCH3 is 1. The Kier molecular flexibility index (Phi) is 3.82. The monoisotopic (exact) mass is 320 g/mol. The summed E-state index contributed by atoms with van der Waals surface area (Å²) in [7, 11) is 1.81. The summed E-state index contributed by atoms with van der Waals surface area (Å²) in [6.45, 7) is 4.27. The molecule has 6 heteroatoms. The standard InChI is InChI=1S/C16H24N4OS/c1-11-7-8-19(10-14(11)21-2)16-18-20-9-13(17-15(20)22-16)12-5-3-4-6-12/h9,11-12,14H,3-8,10H2,1-2H3. The molecular formula is C16H24N4OS. The van der Waals surface area contributed by atoms with Gasteiger partial charge in [0.05, 0.1) is 18.0 Å². The molecule has 2 atom stereocenters. The highest BCUT2D eigenvalue weighted by atomic mass is 32.1. The molecule has 2 aromatic rings. The van der Waals surface area contributed by atoms with E-state index in [1.807, 2.05) is 11.6 Å². The van der Waals surface area contributed by atoms with Gasteiger partial charge in [-0.3, -0.25) is 0 Å². The van der Waals surface area contributed by atoms with Crippen molar-refractivity contribution in [2.45, 2.75) is 51.0 Å². The van der Waals surface area contributed by atoms with Gasteiger partial charge in [0.15, 0.2) is 0 Å². The van der Waals surface area contributed by atoms with Crippen molar-refractivity contribution in [2.75, 3.05) is 25.1 Å². The van der Waals surface area contributed by atoms with E-state index in [2.05, 4.69) is 18.0 Å². The molecule has 0 aromatic carbocycles. The predicted octanol–water partition coefficient (Wildman–Crippen LogP) is 3.31. The number of piperidine rings is 1. The van der Waals surface area contributed by atoms with Gasteiger partial charge in [0, 0.05) is 26.1 Å². The topological polar surface area (TPSA) is 42.7 Å². The Bertz CT molecular complexity index is 614. The van der Waals surface area contributed by atoms with Gasteiger partial charge in [-0.05, 0) is 25.2 Å². The largest absolute Gasteiger partial charge is 0.379 e. The van der Waals surface area contributed by atoms with E-state index in [0.29, 0.717) is 17.9 Å². The van der Waals surface area contributed by atoms with E-state index in [-0.39, 0.29) is 0 Å². The number of fused-ring (bicyclic) bond motifs is 1. The molecule has 1 saturated carbocycles. The first-order valence-corrected chi connectivity index (χ1v) is 9.20. The second kappa shape index (κ2) is 5.81. The van der Waals surface area contributed by atoms with Crippen LogP contribution in [0.25, 0.3) is 4.96 Å². The molecule has 3 heterocycles. The number of ether oxygens (including phenoxy) is 1. The minimum atomic E-state index is 0.305. The van der Waals surface area contributed by atoms with Gasteiger partial charge in [0.25, 0.3) is 0 Å². The smallest absolute Gasteiger partial charge is 0.214 e. The third kappa shape index (κ3) is 2.52. The summed E-state index contributed by atoms with van der Waals surface area (Å²) in [6, 6.07) is 0. The molecule has 2 unspecified atom stereocenters. The zero-order chi connectivity index (χ0) is 15.1. The molecule has 2 aromatic heterocycles. The number of hydrogen-bond acceptors (Lipinski definition) is 5. The van der Waals surface area contributed by atoms with Gasteiger partial charge < -0.3 is 9.64 Å². The third-order valence-electron chi connectivity index (χ3n) is 5.29. The maximum Gasteiger partial charge on any atom is 0.214 e. The van der Waals surface area contributed by atoms with Gasteiger partial charge in [-0.15, -0.1) is 5.10 Å². The van der Waals surface area contributed by atoms with Crippen LogP contribution in [-0.4, -0.2) is 40.9 Å². The highest BCUT2D eigenvalue weighted by Gasteiger charge is 2.28. The SMILES string of the molecule is COC1CN(c2nn3cc(C4CCCC4)nc3s2)CCC1C. The lowest BCUT2D eigenvalue weighted by Crippen LogP contribution is -2.43. The lowest BCUT2D eigenvalue weighted by atomic mass is 9.96. The van der Waals surface area contributed by atoms with Crippen molar-refractivity contribution in [1.29, 1.82) is 0 Å². The van der Waals surface area contributed by atoms with Gasteiger partial charge in [-0.2, -0.15) is 0 Å². The van der Waals surface area contributed by atoms with Gasteiger partial charge in [-0.25, -0.2) is 9.50 Å². The normalized spacial score (nSPS) is 27.1. The molecule has 0 spiro atoms. The quantitative estimate of drug-likeness (QED) is 0.870. The van der Waals surface area contributed by atoms with Crippen molar-refractivity contribution < 1.29 is 4.74 Å². The summed E-state index contributed by atoms with van der Waals surface area (Å²) in [5.74, 6) is 1.28. The molecule has 5 nitrogen and oxygen atoms in total. The van der Waals surface area contributed by atoms with Crippen LogP contribution in [0.2, 0.25) is 0 Å². The van der Waals surface area contributed by atoms with Crippen molar-refractivity contribution in [1.82, 2.24) is 14.6 Å². The highest BCUT2D eigenvalue weighted by molar-refractivity contribution is 7.20. The fourth-order valence-corrected chi connectivity index (χ4v) is 4.69. The number of anilines is 1. The molecule has 22 heavy (non-hydrogen) atoms. The zero-order valence-electron chi connectivity index (χ0n) is 13.4. The Hall–Kier alpha value is -1.14. The second-order valence-corrected chi connectivity index (χ2v) is 7.68. The minimum Gasteiger partial charge on any atom is -0.379 e. The van der Waals surface area contributed by atoms with E-state index in [1.165, 1.54) is 31.4 Å². The van der Waals surface area contributed by atoms with E-state index in [0.717, 1.165) is 29.6 Å². The predicted molar refractivity (Wildman–Crippen MR) is 88.9 cm³/mol. The first kappa shape index (κ1) is 14.5. The number of nitrogens with zero attached hydrogens (tertiary/aromatic N) is 4. The van der Waals surface area contributed by atoms with E-state index < -0.39 is 0 Å². The maximum atomic E-state index is 5.61. The average Bonchev–Trinajstić information content (AvgIpc) is 3.22. The number of rotatable bonds is 3. The minimum absolute atomic E-state index is 0.305. The first-order valence-electron chi connectivity index (χ1n) is 8.38. The van der Waals surface area contributed by atoms with Crippen LogP contribution in [0.3, 0.4) is 0 Å². The van der Waals surface area contributed by atoms with Gasteiger partial charge in [0.1, 0.15) is 0 Å². The zero-order valence-corrected chi connectivity index (χ0v) is 14.2. The van der Waals surface area contributed by atoms with Gasteiger partial charge >= 0.3 is 0 Å². The van der Waals surface area contributed by atoms with Crippen LogP contribution < -0.4 is 4.90 Å². The highest BCUT2D eigenvalue weighted by Crippen LogP contribution is 2.35. The summed E-state index contributed by atoms with van der Waals surface area (Å²) >= 11 is 1.71. The summed E-state index contributed by atoms with van der Waals surface area (Å²) in [5, 5.41) is 5.84. The average molecular weight is 320 g/mol. The Morgan fingerprint density at radius 2 is 2.09 bits per heavy atom. The maximum absolute atomic E-state index is 5.61. The van der Waals surface area contributed by atoms with E-state index in [9.17, 15) is 0 Å². The van der Waals surface area contributed by atoms with Crippen LogP contribution in [-0.2, 0) is 4.74 Å². The van der Waals surface area contributed by atoms with Crippen LogP contribution in [0, 0.1) is 5.92 Å². The van der Waals surface area contributed by atoms with Crippen molar-refractivity contribution in [2.24, 2.45) is 5.92 Å². The molecule has 2 aliphatic rings. The molecule has 0 N–H and O–H groups in total. The molecule has 4 rings (SSSR count). The van der Waals surface area contributed by atoms with E-state index in [4.69, 9.17) is 14.8 Å². The van der Waals surface area contributed by atoms with Crippen LogP contribution >= 0.6 is 11.3 Å². The molecule has 120 valence electrons. The Balaban J connectivity index is 1.54. The number of imidazole rings is 1. The van der Waals surface area contributed by atoms with Gasteiger partial charge in [0.2, 0.25) is 10.1 Å². The molecule has 1 aliphatic heterocycles. The second-order valence-electron chi connectivity index (χ2n) is 6.75. The van der Waals surface area contributed by atoms with Crippen LogP contribution in [0.5, 0.6) is 0 Å². The van der Waals surface area contributed by atoms with Crippen LogP contribution in [0.15, 0.2) is 6.20 Å². The van der Waals surface area contributed by atoms with Crippen molar-refractivity contribution >= 4 is 21.4 Å². The third-order valence-corrected chi connectivity index (χ3v) is 6.27. The summed E-state index contributed by atoms with van der Waals surface area (Å²) in [5.41, 5.74) is 1.24. The van der Waals surface area contributed by atoms with Crippen molar-refractivity contribution in [3.63, 3.8) is 0 Å². The Morgan fingerprint density at radius 3 is 2.82 bits per heavy atom. The number of aromatic nitrogens is 3.